The number of carbonyl (C=O) groups is 2. The van der Waals surface area contributed by atoms with Gasteiger partial charge in [-0.1, -0.05) is 23.2 Å². The number of nitrogens with zero attached hydrogens (tertiary/aromatic N) is 1. The summed E-state index contributed by atoms with van der Waals surface area (Å²) < 4.78 is 5.12. The predicted octanol–water partition coefficient (Wildman–Crippen LogP) is 4.53. The molecule has 0 saturated carbocycles. The van der Waals surface area contributed by atoms with Crippen LogP contribution in [0.1, 0.15) is 12.5 Å². The fourth-order valence-corrected chi connectivity index (χ4v) is 3.16. The number of halogens is 2. The molecule has 0 aliphatic heterocycles. The first-order valence-corrected chi connectivity index (χ1v) is 9.21. The fraction of sp³-hybridized carbons (Fsp3) is 0.167. The number of rotatable bonds is 6. The molecule has 0 aliphatic rings. The lowest BCUT2D eigenvalue weighted by molar-refractivity contribution is -0.150. The maximum Gasteiger partial charge on any atom is 0.317 e. The van der Waals surface area contributed by atoms with Crippen LogP contribution in [0.3, 0.4) is 0 Å². The predicted molar refractivity (Wildman–Crippen MR) is 103 cm³/mol. The lowest BCUT2D eigenvalue weighted by Gasteiger charge is -2.13. The second kappa shape index (κ2) is 9.48. The molecule has 134 valence electrons. The van der Waals surface area contributed by atoms with E-state index in [1.54, 1.807) is 42.5 Å². The summed E-state index contributed by atoms with van der Waals surface area (Å²) in [5, 5.41) is 12.4. The van der Waals surface area contributed by atoms with Gasteiger partial charge in [0.2, 0.25) is 0 Å². The van der Waals surface area contributed by atoms with Crippen LogP contribution >= 0.6 is 35.0 Å². The monoisotopic (exact) mass is 408 g/mol. The molecule has 0 saturated heterocycles. The van der Waals surface area contributed by atoms with Gasteiger partial charge in [0, 0.05) is 15.6 Å². The molecule has 0 heterocycles. The summed E-state index contributed by atoms with van der Waals surface area (Å²) in [5.74, 6) is -1.02. The summed E-state index contributed by atoms with van der Waals surface area (Å²) in [4.78, 5) is 24.7. The van der Waals surface area contributed by atoms with E-state index in [1.807, 2.05) is 6.07 Å². The van der Waals surface area contributed by atoms with Crippen LogP contribution in [0.4, 0.5) is 5.69 Å². The molecule has 2 aromatic carbocycles. The number of thioether (sulfide) groups is 1. The van der Waals surface area contributed by atoms with Crippen LogP contribution in [0, 0.1) is 11.3 Å². The maximum atomic E-state index is 12.1. The summed E-state index contributed by atoms with van der Waals surface area (Å²) in [6.45, 7) is 1.48. The van der Waals surface area contributed by atoms with Crippen molar-refractivity contribution in [3.05, 3.63) is 58.1 Å². The summed E-state index contributed by atoms with van der Waals surface area (Å²) in [6, 6.07) is 13.3. The minimum absolute atomic E-state index is 0.00541. The van der Waals surface area contributed by atoms with Gasteiger partial charge in [-0.2, -0.15) is 5.26 Å². The quantitative estimate of drug-likeness (QED) is 0.560. The average molecular weight is 409 g/mol. The topological polar surface area (TPSA) is 79.2 Å². The summed E-state index contributed by atoms with van der Waals surface area (Å²) in [7, 11) is 0. The number of nitriles is 1. The van der Waals surface area contributed by atoms with E-state index in [-0.39, 0.29) is 5.75 Å². The van der Waals surface area contributed by atoms with Gasteiger partial charge in [-0.05, 0) is 49.4 Å². The summed E-state index contributed by atoms with van der Waals surface area (Å²) in [6.07, 6.45) is -0.964. The van der Waals surface area contributed by atoms with Crippen molar-refractivity contribution in [2.45, 2.75) is 17.9 Å². The van der Waals surface area contributed by atoms with Crippen LogP contribution < -0.4 is 5.32 Å². The number of anilines is 1. The van der Waals surface area contributed by atoms with Crippen LogP contribution in [0.5, 0.6) is 0 Å². The number of ether oxygens (including phenoxy) is 1. The molecule has 0 unspecified atom stereocenters. The Morgan fingerprint density at radius 3 is 2.58 bits per heavy atom. The number of amides is 1. The number of benzene rings is 2. The largest absolute Gasteiger partial charge is 0.452 e. The highest BCUT2D eigenvalue weighted by atomic mass is 35.5. The Balaban J connectivity index is 1.84. The molecule has 1 amide bonds. The highest BCUT2D eigenvalue weighted by molar-refractivity contribution is 8.00. The van der Waals surface area contributed by atoms with Crippen LogP contribution in [0.2, 0.25) is 10.0 Å². The van der Waals surface area contributed by atoms with Crippen molar-refractivity contribution in [1.82, 2.24) is 0 Å². The number of hydrogen-bond acceptors (Lipinski definition) is 5. The Kier molecular flexibility index (Phi) is 7.34. The van der Waals surface area contributed by atoms with E-state index < -0.39 is 18.0 Å². The van der Waals surface area contributed by atoms with Crippen molar-refractivity contribution in [3.8, 4) is 6.07 Å². The minimum atomic E-state index is -0.964. The molecule has 0 aliphatic carbocycles. The second-order valence-corrected chi connectivity index (χ2v) is 7.03. The Labute approximate surface area is 165 Å². The van der Waals surface area contributed by atoms with E-state index in [0.717, 1.165) is 0 Å². The van der Waals surface area contributed by atoms with Gasteiger partial charge in [0.1, 0.15) is 0 Å². The van der Waals surface area contributed by atoms with Gasteiger partial charge in [0.15, 0.2) is 6.10 Å². The van der Waals surface area contributed by atoms with Crippen molar-refractivity contribution < 1.29 is 14.3 Å². The second-order valence-electron chi connectivity index (χ2n) is 5.17. The van der Waals surface area contributed by atoms with Gasteiger partial charge < -0.3 is 10.1 Å². The van der Waals surface area contributed by atoms with Crippen molar-refractivity contribution in [2.75, 3.05) is 11.1 Å². The van der Waals surface area contributed by atoms with Crippen LogP contribution in [-0.2, 0) is 14.3 Å². The van der Waals surface area contributed by atoms with Gasteiger partial charge in [0.25, 0.3) is 5.91 Å². The van der Waals surface area contributed by atoms with E-state index in [9.17, 15) is 9.59 Å². The van der Waals surface area contributed by atoms with E-state index in [4.69, 9.17) is 33.2 Å². The standard InChI is InChI=1S/C18H14Cl2N2O3S/c1-11(18(24)22-14-5-2-12(9-21)3-6-14)25-17(23)10-26-16-8-13(19)4-7-15(16)20/h2-8,11H,10H2,1H3,(H,22,24)/t11-/m1/s1. The molecule has 2 aromatic rings. The Morgan fingerprint density at radius 2 is 1.92 bits per heavy atom. The summed E-state index contributed by atoms with van der Waals surface area (Å²) >= 11 is 13.1. The molecule has 2 rings (SSSR count). The molecular weight excluding hydrogens is 395 g/mol. The zero-order chi connectivity index (χ0) is 19.1. The molecule has 5 nitrogen and oxygen atoms in total. The van der Waals surface area contributed by atoms with Gasteiger partial charge in [-0.3, -0.25) is 9.59 Å². The van der Waals surface area contributed by atoms with E-state index >= 15 is 0 Å². The van der Waals surface area contributed by atoms with Crippen molar-refractivity contribution in [1.29, 1.82) is 5.26 Å². The highest BCUT2D eigenvalue weighted by Crippen LogP contribution is 2.29. The zero-order valence-electron chi connectivity index (χ0n) is 13.7. The first kappa shape index (κ1) is 20.1. The molecule has 0 radical (unpaired) electrons. The van der Waals surface area contributed by atoms with Crippen molar-refractivity contribution in [3.63, 3.8) is 0 Å². The lowest BCUT2D eigenvalue weighted by atomic mass is 10.2. The third-order valence-corrected chi connectivity index (χ3v) is 4.90. The molecule has 8 heteroatoms. The van der Waals surface area contributed by atoms with Gasteiger partial charge in [-0.25, -0.2) is 0 Å². The van der Waals surface area contributed by atoms with Crippen molar-refractivity contribution >= 4 is 52.5 Å². The molecular formula is C18H14Cl2N2O3S. The molecule has 0 bridgehead atoms. The van der Waals surface area contributed by atoms with Crippen molar-refractivity contribution in [2.24, 2.45) is 0 Å². The zero-order valence-corrected chi connectivity index (χ0v) is 16.0. The maximum absolute atomic E-state index is 12.1. The van der Waals surface area contributed by atoms with E-state index in [2.05, 4.69) is 5.32 Å². The first-order valence-electron chi connectivity index (χ1n) is 7.47. The average Bonchev–Trinajstić information content (AvgIpc) is 2.63. The first-order chi connectivity index (χ1) is 12.4. The van der Waals surface area contributed by atoms with Gasteiger partial charge >= 0.3 is 5.97 Å². The van der Waals surface area contributed by atoms with Crippen LogP contribution in [-0.4, -0.2) is 23.7 Å². The molecule has 26 heavy (non-hydrogen) atoms. The Bertz CT molecular complexity index is 851. The highest BCUT2D eigenvalue weighted by Gasteiger charge is 2.18. The van der Waals surface area contributed by atoms with Crippen LogP contribution in [0.25, 0.3) is 0 Å². The van der Waals surface area contributed by atoms with Gasteiger partial charge in [-0.15, -0.1) is 11.8 Å². The summed E-state index contributed by atoms with van der Waals surface area (Å²) in [5.41, 5.74) is 0.996. The number of nitrogens with one attached hydrogen (secondary N) is 1. The Morgan fingerprint density at radius 1 is 1.23 bits per heavy atom. The molecule has 1 N–H and O–H groups in total. The molecule has 0 fully saturated rings. The van der Waals surface area contributed by atoms with E-state index in [0.29, 0.717) is 26.2 Å². The third kappa shape index (κ3) is 5.95. The SMILES string of the molecule is C[C@@H](OC(=O)CSc1cc(Cl)ccc1Cl)C(=O)Nc1ccc(C#N)cc1. The smallest absolute Gasteiger partial charge is 0.317 e. The van der Waals surface area contributed by atoms with E-state index in [1.165, 1.54) is 18.7 Å². The number of carbonyl (C=O) groups excluding carboxylic acids is 2. The number of esters is 1. The lowest BCUT2D eigenvalue weighted by Crippen LogP contribution is -2.30. The van der Waals surface area contributed by atoms with Crippen LogP contribution in [0.15, 0.2) is 47.4 Å². The molecule has 0 spiro atoms. The fourth-order valence-electron chi connectivity index (χ4n) is 1.88. The minimum Gasteiger partial charge on any atom is -0.452 e. The number of hydrogen-bond donors (Lipinski definition) is 1. The molecule has 0 aromatic heterocycles. The Hall–Kier alpha value is -2.20. The third-order valence-electron chi connectivity index (χ3n) is 3.20. The normalized spacial score (nSPS) is 11.3. The van der Waals surface area contributed by atoms with Gasteiger partial charge in [0.05, 0.1) is 22.4 Å². The molecule has 1 atom stereocenters.